The summed E-state index contributed by atoms with van der Waals surface area (Å²) in [6.45, 7) is 4.17. The highest BCUT2D eigenvalue weighted by Gasteiger charge is 2.19. The number of nitrogens with zero attached hydrogens (tertiary/aromatic N) is 2. The van der Waals surface area contributed by atoms with Crippen LogP contribution in [0, 0.1) is 5.92 Å². The number of rotatable bonds is 4. The van der Waals surface area contributed by atoms with E-state index in [1.807, 2.05) is 26.0 Å². The van der Waals surface area contributed by atoms with Crippen LogP contribution >= 0.6 is 0 Å². The molecule has 0 bridgehead atoms. The second-order valence-corrected chi connectivity index (χ2v) is 5.07. The number of urea groups is 1. The van der Waals surface area contributed by atoms with Gasteiger partial charge in [0, 0.05) is 30.8 Å². The van der Waals surface area contributed by atoms with Crippen LogP contribution in [0.1, 0.15) is 26.3 Å². The Morgan fingerprint density at radius 1 is 1.58 bits per heavy atom. The molecule has 2 amide bonds. The third-order valence-corrected chi connectivity index (χ3v) is 3.11. The van der Waals surface area contributed by atoms with Crippen molar-refractivity contribution < 1.29 is 9.90 Å². The van der Waals surface area contributed by atoms with Crippen LogP contribution in [0.15, 0.2) is 24.5 Å². The largest absolute Gasteiger partial charge is 0.396 e. The number of hydrogen-bond acceptors (Lipinski definition) is 3. The molecule has 104 valence electrons. The Hall–Kier alpha value is -1.82. The van der Waals surface area contributed by atoms with Crippen molar-refractivity contribution in [3.8, 4) is 0 Å². The first-order valence-electron chi connectivity index (χ1n) is 6.49. The van der Waals surface area contributed by atoms with Gasteiger partial charge in [-0.3, -0.25) is 4.68 Å². The fourth-order valence-electron chi connectivity index (χ4n) is 2.04. The molecule has 2 atom stereocenters. The normalized spacial score (nSPS) is 21.9. The number of aromatic nitrogens is 2. The highest BCUT2D eigenvalue weighted by Crippen LogP contribution is 2.17. The van der Waals surface area contributed by atoms with E-state index in [-0.39, 0.29) is 30.6 Å². The third kappa shape index (κ3) is 3.57. The van der Waals surface area contributed by atoms with Crippen molar-refractivity contribution in [2.75, 3.05) is 11.9 Å². The first-order valence-corrected chi connectivity index (χ1v) is 6.49. The minimum absolute atomic E-state index is 0.0164. The summed E-state index contributed by atoms with van der Waals surface area (Å²) in [6, 6.07) is -0.00414. The van der Waals surface area contributed by atoms with Gasteiger partial charge in [-0.15, -0.1) is 0 Å². The smallest absolute Gasteiger partial charge is 0.319 e. The van der Waals surface area contributed by atoms with Crippen LogP contribution in [0.25, 0.3) is 0 Å². The van der Waals surface area contributed by atoms with Crippen LogP contribution in [0.3, 0.4) is 0 Å². The second-order valence-electron chi connectivity index (χ2n) is 5.07. The third-order valence-electron chi connectivity index (χ3n) is 3.11. The number of hydrogen-bond donors (Lipinski definition) is 3. The van der Waals surface area contributed by atoms with E-state index in [4.69, 9.17) is 5.11 Å². The van der Waals surface area contributed by atoms with E-state index in [0.717, 1.165) is 6.42 Å². The van der Waals surface area contributed by atoms with E-state index in [2.05, 4.69) is 15.7 Å². The molecule has 0 fully saturated rings. The Labute approximate surface area is 112 Å². The Bertz CT molecular complexity index is 467. The van der Waals surface area contributed by atoms with E-state index in [1.165, 1.54) is 0 Å². The molecule has 0 saturated heterocycles. The highest BCUT2D eigenvalue weighted by molar-refractivity contribution is 5.89. The predicted molar refractivity (Wildman–Crippen MR) is 72.9 cm³/mol. The Kier molecular flexibility index (Phi) is 4.21. The van der Waals surface area contributed by atoms with Crippen molar-refractivity contribution in [1.29, 1.82) is 0 Å². The minimum Gasteiger partial charge on any atom is -0.396 e. The number of aliphatic hydroxyl groups is 1. The predicted octanol–water partition coefficient (Wildman–Crippen LogP) is 1.52. The fourth-order valence-corrected chi connectivity index (χ4v) is 2.04. The van der Waals surface area contributed by atoms with Crippen LogP contribution in [-0.4, -0.2) is 33.6 Å². The molecule has 6 heteroatoms. The first kappa shape index (κ1) is 13.6. The monoisotopic (exact) mass is 264 g/mol. The van der Waals surface area contributed by atoms with Gasteiger partial charge >= 0.3 is 6.03 Å². The quantitative estimate of drug-likeness (QED) is 0.721. The molecule has 3 N–H and O–H groups in total. The van der Waals surface area contributed by atoms with Crippen molar-refractivity contribution >= 4 is 11.7 Å². The van der Waals surface area contributed by atoms with Gasteiger partial charge in [0.1, 0.15) is 0 Å². The molecule has 0 aromatic carbocycles. The summed E-state index contributed by atoms with van der Waals surface area (Å²) in [5, 5.41) is 18.8. The van der Waals surface area contributed by atoms with Crippen molar-refractivity contribution in [3.63, 3.8) is 0 Å². The molecule has 0 spiro atoms. The topological polar surface area (TPSA) is 79.2 Å². The summed E-state index contributed by atoms with van der Waals surface area (Å²) in [4.78, 5) is 11.8. The lowest BCUT2D eigenvalue weighted by Crippen LogP contribution is -2.36. The summed E-state index contributed by atoms with van der Waals surface area (Å²) in [5.74, 6) is 0.147. The molecular weight excluding hydrogens is 244 g/mol. The maximum Gasteiger partial charge on any atom is 0.319 e. The lowest BCUT2D eigenvalue weighted by atomic mass is 10.1. The van der Waals surface area contributed by atoms with E-state index in [9.17, 15) is 4.79 Å². The molecule has 1 aromatic heterocycles. The van der Waals surface area contributed by atoms with Crippen molar-refractivity contribution in [2.24, 2.45) is 5.92 Å². The van der Waals surface area contributed by atoms with Gasteiger partial charge in [0.2, 0.25) is 0 Å². The Morgan fingerprint density at radius 3 is 2.95 bits per heavy atom. The van der Waals surface area contributed by atoms with Gasteiger partial charge < -0.3 is 15.7 Å². The number of amides is 2. The molecule has 19 heavy (non-hydrogen) atoms. The molecule has 1 aliphatic carbocycles. The minimum atomic E-state index is -0.253. The molecule has 1 heterocycles. The van der Waals surface area contributed by atoms with E-state index >= 15 is 0 Å². The van der Waals surface area contributed by atoms with Gasteiger partial charge in [0.25, 0.3) is 0 Å². The first-order chi connectivity index (χ1) is 9.08. The lowest BCUT2D eigenvalue weighted by Gasteiger charge is -2.12. The molecule has 2 rings (SSSR count). The average Bonchev–Trinajstić information content (AvgIpc) is 2.98. The van der Waals surface area contributed by atoms with Gasteiger partial charge in [-0.05, 0) is 20.3 Å². The number of aliphatic hydroxyl groups excluding tert-OH is 1. The molecule has 1 aromatic rings. The van der Waals surface area contributed by atoms with E-state index in [1.54, 1.807) is 17.1 Å². The van der Waals surface area contributed by atoms with Crippen molar-refractivity contribution in [3.05, 3.63) is 24.5 Å². The summed E-state index contributed by atoms with van der Waals surface area (Å²) in [7, 11) is 0. The SMILES string of the molecule is CC(C)n1cc(NC(=O)N[C@@H]2C=C[C@H](CO)C2)cn1. The molecule has 0 saturated carbocycles. The lowest BCUT2D eigenvalue weighted by molar-refractivity contribution is 0.238. The molecule has 6 nitrogen and oxygen atoms in total. The number of anilines is 1. The van der Waals surface area contributed by atoms with Crippen LogP contribution in [0.2, 0.25) is 0 Å². The molecular formula is C13H20N4O2. The zero-order chi connectivity index (χ0) is 13.8. The molecule has 0 unspecified atom stereocenters. The standard InChI is InChI=1S/C13H20N4O2/c1-9(2)17-7-12(6-14-17)16-13(19)15-11-4-3-10(5-11)8-18/h3-4,6-7,9-11,18H,5,8H2,1-2H3,(H2,15,16,19)/t10-,11+/m0/s1. The van der Waals surface area contributed by atoms with Crippen LogP contribution in [0.4, 0.5) is 10.5 Å². The molecule has 0 aliphatic heterocycles. The maximum absolute atomic E-state index is 11.8. The average molecular weight is 264 g/mol. The van der Waals surface area contributed by atoms with Crippen LogP contribution < -0.4 is 10.6 Å². The van der Waals surface area contributed by atoms with Gasteiger partial charge in [-0.1, -0.05) is 12.2 Å². The summed E-state index contributed by atoms with van der Waals surface area (Å²) >= 11 is 0. The summed E-state index contributed by atoms with van der Waals surface area (Å²) in [5.41, 5.74) is 0.673. The summed E-state index contributed by atoms with van der Waals surface area (Å²) in [6.07, 6.45) is 8.01. The van der Waals surface area contributed by atoms with Gasteiger partial charge in [0.15, 0.2) is 0 Å². The Morgan fingerprint density at radius 2 is 2.37 bits per heavy atom. The van der Waals surface area contributed by atoms with Gasteiger partial charge in [-0.2, -0.15) is 5.10 Å². The second kappa shape index (κ2) is 5.88. The number of carbonyl (C=O) groups is 1. The van der Waals surface area contributed by atoms with E-state index in [0.29, 0.717) is 5.69 Å². The zero-order valence-electron chi connectivity index (χ0n) is 11.2. The maximum atomic E-state index is 11.8. The number of carbonyl (C=O) groups excluding carboxylic acids is 1. The van der Waals surface area contributed by atoms with E-state index < -0.39 is 0 Å². The fraction of sp³-hybridized carbons (Fsp3) is 0.538. The molecule has 0 radical (unpaired) electrons. The van der Waals surface area contributed by atoms with Gasteiger partial charge in [-0.25, -0.2) is 4.79 Å². The highest BCUT2D eigenvalue weighted by atomic mass is 16.3. The Balaban J connectivity index is 1.83. The van der Waals surface area contributed by atoms with Gasteiger partial charge in [0.05, 0.1) is 11.9 Å². The number of nitrogens with one attached hydrogen (secondary N) is 2. The zero-order valence-corrected chi connectivity index (χ0v) is 11.2. The van der Waals surface area contributed by atoms with Crippen molar-refractivity contribution in [1.82, 2.24) is 15.1 Å². The summed E-state index contributed by atoms with van der Waals surface area (Å²) < 4.78 is 1.78. The molecule has 1 aliphatic rings. The van der Waals surface area contributed by atoms with Crippen LogP contribution in [0.5, 0.6) is 0 Å². The van der Waals surface area contributed by atoms with Crippen molar-refractivity contribution in [2.45, 2.75) is 32.4 Å². The van der Waals surface area contributed by atoms with Crippen LogP contribution in [-0.2, 0) is 0 Å².